The SMILES string of the molecule is CCc1nc2ccccc2n1C1CCN(C(=O)CCc2ccccc2)CC1. The monoisotopic (exact) mass is 361 g/mol. The molecule has 1 aliphatic heterocycles. The standard InChI is InChI=1S/C23H27N3O/c1-2-22-24-20-10-6-7-11-21(20)26(22)19-14-16-25(17-15-19)23(27)13-12-18-8-4-3-5-9-18/h3-11,19H,2,12-17H2,1H3. The first kappa shape index (κ1) is 17.8. The summed E-state index contributed by atoms with van der Waals surface area (Å²) in [5.74, 6) is 1.44. The van der Waals surface area contributed by atoms with Gasteiger partial charge in [-0.05, 0) is 37.0 Å². The van der Waals surface area contributed by atoms with E-state index in [1.165, 1.54) is 11.1 Å². The van der Waals surface area contributed by atoms with Crippen LogP contribution in [0, 0.1) is 0 Å². The van der Waals surface area contributed by atoms with Crippen molar-refractivity contribution in [2.24, 2.45) is 0 Å². The zero-order chi connectivity index (χ0) is 18.6. The molecule has 0 saturated carbocycles. The van der Waals surface area contributed by atoms with Crippen LogP contribution in [0.4, 0.5) is 0 Å². The molecule has 0 unspecified atom stereocenters. The van der Waals surface area contributed by atoms with Gasteiger partial charge in [-0.2, -0.15) is 0 Å². The van der Waals surface area contributed by atoms with E-state index in [2.05, 4.69) is 41.8 Å². The van der Waals surface area contributed by atoms with Crippen LogP contribution in [0.3, 0.4) is 0 Å². The van der Waals surface area contributed by atoms with Crippen LogP contribution < -0.4 is 0 Å². The predicted octanol–water partition coefficient (Wildman–Crippen LogP) is 4.40. The van der Waals surface area contributed by atoms with E-state index in [9.17, 15) is 4.79 Å². The number of carbonyl (C=O) groups is 1. The predicted molar refractivity (Wildman–Crippen MR) is 109 cm³/mol. The van der Waals surface area contributed by atoms with Crippen molar-refractivity contribution in [3.63, 3.8) is 0 Å². The van der Waals surface area contributed by atoms with Crippen LogP contribution in [-0.2, 0) is 17.6 Å². The van der Waals surface area contributed by atoms with Crippen molar-refractivity contribution in [1.29, 1.82) is 0 Å². The average molecular weight is 361 g/mol. The summed E-state index contributed by atoms with van der Waals surface area (Å²) in [5.41, 5.74) is 3.54. The Balaban J connectivity index is 1.40. The highest BCUT2D eigenvalue weighted by atomic mass is 16.2. The third-order valence-electron chi connectivity index (χ3n) is 5.64. The third-order valence-corrected chi connectivity index (χ3v) is 5.64. The molecule has 0 spiro atoms. The first-order chi connectivity index (χ1) is 13.3. The van der Waals surface area contributed by atoms with Crippen LogP contribution >= 0.6 is 0 Å². The molecule has 1 aromatic heterocycles. The van der Waals surface area contributed by atoms with Gasteiger partial charge < -0.3 is 9.47 Å². The lowest BCUT2D eigenvalue weighted by Gasteiger charge is -2.33. The van der Waals surface area contributed by atoms with Gasteiger partial charge in [-0.25, -0.2) is 4.98 Å². The van der Waals surface area contributed by atoms with Gasteiger partial charge in [0.1, 0.15) is 5.82 Å². The largest absolute Gasteiger partial charge is 0.343 e. The normalized spacial score (nSPS) is 15.4. The number of carbonyl (C=O) groups excluding carboxylic acids is 1. The highest BCUT2D eigenvalue weighted by Gasteiger charge is 2.26. The van der Waals surface area contributed by atoms with Crippen molar-refractivity contribution in [1.82, 2.24) is 14.5 Å². The second-order valence-electron chi connectivity index (χ2n) is 7.34. The number of imidazole rings is 1. The molecule has 1 saturated heterocycles. The summed E-state index contributed by atoms with van der Waals surface area (Å²) in [7, 11) is 0. The molecule has 1 aliphatic rings. The number of rotatable bonds is 5. The maximum atomic E-state index is 12.6. The molecule has 4 heteroatoms. The summed E-state index contributed by atoms with van der Waals surface area (Å²) >= 11 is 0. The Hall–Kier alpha value is -2.62. The van der Waals surface area contributed by atoms with E-state index in [1.54, 1.807) is 0 Å². The summed E-state index contributed by atoms with van der Waals surface area (Å²) in [6.45, 7) is 3.85. The summed E-state index contributed by atoms with van der Waals surface area (Å²) < 4.78 is 2.42. The molecule has 0 aliphatic carbocycles. The molecular formula is C23H27N3O. The van der Waals surface area contributed by atoms with Gasteiger partial charge in [0.25, 0.3) is 0 Å². The van der Waals surface area contributed by atoms with Gasteiger partial charge in [0.15, 0.2) is 0 Å². The van der Waals surface area contributed by atoms with E-state index >= 15 is 0 Å². The molecule has 0 radical (unpaired) electrons. The minimum absolute atomic E-state index is 0.281. The van der Waals surface area contributed by atoms with Crippen LogP contribution in [0.2, 0.25) is 0 Å². The highest BCUT2D eigenvalue weighted by Crippen LogP contribution is 2.29. The zero-order valence-corrected chi connectivity index (χ0v) is 16.0. The second kappa shape index (κ2) is 7.95. The van der Waals surface area contributed by atoms with Crippen molar-refractivity contribution >= 4 is 16.9 Å². The number of likely N-dealkylation sites (tertiary alicyclic amines) is 1. The number of aromatic nitrogens is 2. The van der Waals surface area contributed by atoms with Gasteiger partial charge in [-0.3, -0.25) is 4.79 Å². The molecule has 27 heavy (non-hydrogen) atoms. The Morgan fingerprint density at radius 1 is 1.04 bits per heavy atom. The second-order valence-corrected chi connectivity index (χ2v) is 7.34. The Labute approximate surface area is 160 Å². The van der Waals surface area contributed by atoms with Crippen LogP contribution in [-0.4, -0.2) is 33.4 Å². The minimum atomic E-state index is 0.281. The molecule has 4 nitrogen and oxygen atoms in total. The van der Waals surface area contributed by atoms with Crippen LogP contribution in [0.25, 0.3) is 11.0 Å². The van der Waals surface area contributed by atoms with Crippen molar-refractivity contribution < 1.29 is 4.79 Å². The number of amides is 1. The van der Waals surface area contributed by atoms with Gasteiger partial charge >= 0.3 is 0 Å². The Kier molecular flexibility index (Phi) is 5.23. The molecule has 2 aromatic carbocycles. The maximum Gasteiger partial charge on any atom is 0.222 e. The molecule has 140 valence electrons. The summed E-state index contributed by atoms with van der Waals surface area (Å²) in [6.07, 6.45) is 4.37. The van der Waals surface area contributed by atoms with Gasteiger partial charge in [0.05, 0.1) is 11.0 Å². The Morgan fingerprint density at radius 3 is 2.48 bits per heavy atom. The van der Waals surface area contributed by atoms with Crippen LogP contribution in [0.15, 0.2) is 54.6 Å². The van der Waals surface area contributed by atoms with Crippen LogP contribution in [0.1, 0.15) is 43.6 Å². The molecule has 1 amide bonds. The summed E-state index contributed by atoms with van der Waals surface area (Å²) in [4.78, 5) is 19.5. The number of fused-ring (bicyclic) bond motifs is 1. The average Bonchev–Trinajstić information content (AvgIpc) is 3.11. The molecule has 1 fully saturated rings. The number of piperidine rings is 1. The minimum Gasteiger partial charge on any atom is -0.343 e. The van der Waals surface area contributed by atoms with Crippen LogP contribution in [0.5, 0.6) is 0 Å². The number of hydrogen-bond donors (Lipinski definition) is 0. The number of nitrogens with zero attached hydrogens (tertiary/aromatic N) is 3. The molecule has 2 heterocycles. The summed E-state index contributed by atoms with van der Waals surface area (Å²) in [5, 5.41) is 0. The zero-order valence-electron chi connectivity index (χ0n) is 16.0. The molecule has 3 aromatic rings. The summed E-state index contributed by atoms with van der Waals surface area (Å²) in [6, 6.07) is 19.1. The van der Waals surface area contributed by atoms with E-state index in [-0.39, 0.29) is 5.91 Å². The number of para-hydroxylation sites is 2. The van der Waals surface area contributed by atoms with E-state index < -0.39 is 0 Å². The fraction of sp³-hybridized carbons (Fsp3) is 0.391. The molecule has 4 rings (SSSR count). The number of hydrogen-bond acceptors (Lipinski definition) is 2. The van der Waals surface area contributed by atoms with Gasteiger partial charge in [-0.15, -0.1) is 0 Å². The lowest BCUT2D eigenvalue weighted by atomic mass is 10.0. The quantitative estimate of drug-likeness (QED) is 0.676. The van der Waals surface area contributed by atoms with Crippen molar-refractivity contribution in [2.45, 2.75) is 45.1 Å². The van der Waals surface area contributed by atoms with Crippen molar-refractivity contribution in [3.05, 3.63) is 66.0 Å². The molecule has 0 atom stereocenters. The maximum absolute atomic E-state index is 12.6. The van der Waals surface area contributed by atoms with E-state index in [4.69, 9.17) is 4.98 Å². The Morgan fingerprint density at radius 2 is 1.74 bits per heavy atom. The van der Waals surface area contributed by atoms with Gasteiger partial charge in [0, 0.05) is 32.0 Å². The number of aryl methyl sites for hydroxylation is 2. The van der Waals surface area contributed by atoms with Gasteiger partial charge in [-0.1, -0.05) is 49.4 Å². The van der Waals surface area contributed by atoms with Crippen molar-refractivity contribution in [2.75, 3.05) is 13.1 Å². The van der Waals surface area contributed by atoms with E-state index in [0.29, 0.717) is 12.5 Å². The van der Waals surface area contributed by atoms with E-state index in [1.807, 2.05) is 29.2 Å². The first-order valence-electron chi connectivity index (χ1n) is 10.0. The molecule has 0 bridgehead atoms. The fourth-order valence-corrected chi connectivity index (χ4v) is 4.18. The highest BCUT2D eigenvalue weighted by molar-refractivity contribution is 5.77. The topological polar surface area (TPSA) is 38.1 Å². The fourth-order valence-electron chi connectivity index (χ4n) is 4.18. The molecule has 0 N–H and O–H groups in total. The lowest BCUT2D eigenvalue weighted by Crippen LogP contribution is -2.39. The van der Waals surface area contributed by atoms with Crippen molar-refractivity contribution in [3.8, 4) is 0 Å². The third kappa shape index (κ3) is 3.75. The van der Waals surface area contributed by atoms with Gasteiger partial charge in [0.2, 0.25) is 5.91 Å². The smallest absolute Gasteiger partial charge is 0.222 e. The first-order valence-corrected chi connectivity index (χ1v) is 10.0. The molecular weight excluding hydrogens is 334 g/mol. The Bertz CT molecular complexity index is 908. The number of benzene rings is 2. The van der Waals surface area contributed by atoms with E-state index in [0.717, 1.165) is 50.1 Å². The lowest BCUT2D eigenvalue weighted by molar-refractivity contribution is -0.132.